The molecule has 1 N–H and O–H groups in total. The minimum Gasteiger partial charge on any atom is -0.381 e. The molecule has 0 bridgehead atoms. The topological polar surface area (TPSA) is 12.0 Å². The first-order chi connectivity index (χ1) is 8.97. The van der Waals surface area contributed by atoms with Crippen molar-refractivity contribution in [1.29, 1.82) is 0 Å². The summed E-state index contributed by atoms with van der Waals surface area (Å²) in [5.41, 5.74) is 2.71. The zero-order valence-electron chi connectivity index (χ0n) is 10.1. The van der Waals surface area contributed by atoms with E-state index in [1.54, 1.807) is 18.2 Å². The first kappa shape index (κ1) is 14.6. The van der Waals surface area contributed by atoms with Crippen molar-refractivity contribution in [3.63, 3.8) is 0 Å². The van der Waals surface area contributed by atoms with E-state index in [4.69, 9.17) is 23.2 Å². The molecule has 0 atom stereocenters. The molecule has 5 heteroatoms. The fourth-order valence-electron chi connectivity index (χ4n) is 1.68. The number of aryl methyl sites for hydroxylation is 1. The van der Waals surface area contributed by atoms with Gasteiger partial charge in [-0.1, -0.05) is 29.3 Å². The first-order valence-electron chi connectivity index (χ1n) is 5.61. The maximum atomic E-state index is 13.5. The molecule has 100 valence electrons. The Morgan fingerprint density at radius 2 is 1.89 bits per heavy atom. The normalized spacial score (nSPS) is 10.6. The summed E-state index contributed by atoms with van der Waals surface area (Å²) >= 11 is 15.0. The molecule has 0 aromatic heterocycles. The van der Waals surface area contributed by atoms with Crippen molar-refractivity contribution in [3.8, 4) is 0 Å². The molecule has 1 nitrogen and oxygen atoms in total. The molecule has 2 aromatic carbocycles. The smallest absolute Gasteiger partial charge is 0.139 e. The zero-order valence-corrected chi connectivity index (χ0v) is 13.2. The molecule has 0 saturated heterocycles. The molecule has 0 fully saturated rings. The number of halogens is 4. The summed E-state index contributed by atoms with van der Waals surface area (Å²) in [7, 11) is 0. The van der Waals surface area contributed by atoms with Crippen molar-refractivity contribution in [2.45, 2.75) is 13.5 Å². The van der Waals surface area contributed by atoms with Crippen LogP contribution in [0, 0.1) is 12.7 Å². The first-order valence-corrected chi connectivity index (χ1v) is 7.15. The summed E-state index contributed by atoms with van der Waals surface area (Å²) < 4.78 is 13.9. The van der Waals surface area contributed by atoms with Gasteiger partial charge in [0.15, 0.2) is 0 Å². The van der Waals surface area contributed by atoms with Crippen LogP contribution in [-0.2, 0) is 6.54 Å². The van der Waals surface area contributed by atoms with Gasteiger partial charge < -0.3 is 5.32 Å². The second-order valence-corrected chi connectivity index (χ2v) is 5.85. The number of hydrogen-bond acceptors (Lipinski definition) is 1. The minimum absolute atomic E-state index is 0.290. The van der Waals surface area contributed by atoms with Gasteiger partial charge in [-0.2, -0.15) is 0 Å². The lowest BCUT2D eigenvalue weighted by molar-refractivity contribution is 0.621. The average molecular weight is 363 g/mol. The van der Waals surface area contributed by atoms with Gasteiger partial charge in [-0.15, -0.1) is 0 Å². The van der Waals surface area contributed by atoms with E-state index in [1.807, 2.05) is 13.0 Å². The fourth-order valence-corrected chi connectivity index (χ4v) is 2.46. The second kappa shape index (κ2) is 6.12. The van der Waals surface area contributed by atoms with E-state index in [9.17, 15) is 4.39 Å². The Labute approximate surface area is 129 Å². The van der Waals surface area contributed by atoms with E-state index in [0.29, 0.717) is 21.1 Å². The Hall–Kier alpha value is -0.770. The molecule has 19 heavy (non-hydrogen) atoms. The Balaban J connectivity index is 2.14. The van der Waals surface area contributed by atoms with E-state index < -0.39 is 0 Å². The van der Waals surface area contributed by atoms with E-state index in [2.05, 4.69) is 21.2 Å². The molecule has 2 aromatic rings. The molecule has 0 spiro atoms. The largest absolute Gasteiger partial charge is 0.381 e. The van der Waals surface area contributed by atoms with Gasteiger partial charge >= 0.3 is 0 Å². The molecule has 2 rings (SSSR count). The van der Waals surface area contributed by atoms with Crippen LogP contribution in [0.2, 0.25) is 10.0 Å². The average Bonchev–Trinajstić information content (AvgIpc) is 2.36. The number of anilines is 1. The third kappa shape index (κ3) is 3.62. The number of rotatable bonds is 3. The number of hydrogen-bond donors (Lipinski definition) is 1. The standard InChI is InChI=1S/C14H11BrCl2FN/c1-8-4-10(15)13(18)6-14(8)19-7-9-2-3-11(16)12(17)5-9/h2-6,19H,7H2,1H3. The van der Waals surface area contributed by atoms with Crippen LogP contribution in [0.1, 0.15) is 11.1 Å². The lowest BCUT2D eigenvalue weighted by Gasteiger charge is -2.11. The summed E-state index contributed by atoms with van der Waals surface area (Å²) in [6, 6.07) is 8.63. The van der Waals surface area contributed by atoms with Gasteiger partial charge in [0, 0.05) is 12.2 Å². The molecule has 0 aliphatic carbocycles. The Morgan fingerprint density at radius 3 is 2.58 bits per heavy atom. The van der Waals surface area contributed by atoms with Crippen LogP contribution >= 0.6 is 39.1 Å². The van der Waals surface area contributed by atoms with Crippen molar-refractivity contribution in [1.82, 2.24) is 0 Å². The maximum absolute atomic E-state index is 13.5. The fraction of sp³-hybridized carbons (Fsp3) is 0.143. The predicted molar refractivity (Wildman–Crippen MR) is 82.6 cm³/mol. The second-order valence-electron chi connectivity index (χ2n) is 4.18. The van der Waals surface area contributed by atoms with E-state index in [1.165, 1.54) is 6.07 Å². The lowest BCUT2D eigenvalue weighted by atomic mass is 10.1. The minimum atomic E-state index is -0.290. The number of benzene rings is 2. The van der Waals surface area contributed by atoms with Crippen LogP contribution in [0.4, 0.5) is 10.1 Å². The molecule has 0 radical (unpaired) electrons. The van der Waals surface area contributed by atoms with Crippen molar-refractivity contribution in [2.75, 3.05) is 5.32 Å². The quantitative estimate of drug-likeness (QED) is 0.725. The zero-order chi connectivity index (χ0) is 14.0. The van der Waals surface area contributed by atoms with Gasteiger partial charge in [0.2, 0.25) is 0 Å². The molecule has 0 aliphatic heterocycles. The SMILES string of the molecule is Cc1cc(Br)c(F)cc1NCc1ccc(Cl)c(Cl)c1. The number of nitrogens with one attached hydrogen (secondary N) is 1. The van der Waals surface area contributed by atoms with E-state index in [0.717, 1.165) is 16.8 Å². The third-order valence-electron chi connectivity index (χ3n) is 2.73. The summed E-state index contributed by atoms with van der Waals surface area (Å²) in [5, 5.41) is 4.22. The summed E-state index contributed by atoms with van der Waals surface area (Å²) in [6.07, 6.45) is 0. The van der Waals surface area contributed by atoms with Crippen molar-refractivity contribution < 1.29 is 4.39 Å². The predicted octanol–water partition coefficient (Wildman–Crippen LogP) is 5.82. The van der Waals surface area contributed by atoms with Crippen LogP contribution in [0.25, 0.3) is 0 Å². The van der Waals surface area contributed by atoms with Crippen molar-refractivity contribution in [3.05, 3.63) is 61.8 Å². The highest BCUT2D eigenvalue weighted by molar-refractivity contribution is 9.10. The summed E-state index contributed by atoms with van der Waals surface area (Å²) in [5.74, 6) is -0.290. The molecular weight excluding hydrogens is 352 g/mol. The molecular formula is C14H11BrCl2FN. The molecule has 0 amide bonds. The highest BCUT2D eigenvalue weighted by Crippen LogP contribution is 2.26. The van der Waals surface area contributed by atoms with Gasteiger partial charge in [-0.25, -0.2) is 4.39 Å². The molecule has 0 saturated carbocycles. The van der Waals surface area contributed by atoms with Crippen LogP contribution < -0.4 is 5.32 Å². The van der Waals surface area contributed by atoms with Crippen LogP contribution in [0.15, 0.2) is 34.8 Å². The molecule has 0 heterocycles. The Morgan fingerprint density at radius 1 is 1.16 bits per heavy atom. The van der Waals surface area contributed by atoms with Gasteiger partial charge in [0.25, 0.3) is 0 Å². The Bertz CT molecular complexity index is 617. The van der Waals surface area contributed by atoms with Crippen LogP contribution in [0.5, 0.6) is 0 Å². The van der Waals surface area contributed by atoms with E-state index in [-0.39, 0.29) is 5.82 Å². The van der Waals surface area contributed by atoms with Crippen molar-refractivity contribution >= 4 is 44.8 Å². The maximum Gasteiger partial charge on any atom is 0.139 e. The van der Waals surface area contributed by atoms with Crippen LogP contribution in [-0.4, -0.2) is 0 Å². The van der Waals surface area contributed by atoms with Crippen molar-refractivity contribution in [2.24, 2.45) is 0 Å². The highest BCUT2D eigenvalue weighted by Gasteiger charge is 2.05. The highest BCUT2D eigenvalue weighted by atomic mass is 79.9. The summed E-state index contributed by atoms with van der Waals surface area (Å²) in [6.45, 7) is 2.47. The third-order valence-corrected chi connectivity index (χ3v) is 4.08. The van der Waals surface area contributed by atoms with Gasteiger partial charge in [-0.3, -0.25) is 0 Å². The van der Waals surface area contributed by atoms with E-state index >= 15 is 0 Å². The molecule has 0 aliphatic rings. The monoisotopic (exact) mass is 361 g/mol. The Kier molecular flexibility index (Phi) is 4.71. The summed E-state index contributed by atoms with van der Waals surface area (Å²) in [4.78, 5) is 0. The molecule has 0 unspecified atom stereocenters. The van der Waals surface area contributed by atoms with Crippen LogP contribution in [0.3, 0.4) is 0 Å². The van der Waals surface area contributed by atoms with Gasteiger partial charge in [0.05, 0.1) is 14.5 Å². The van der Waals surface area contributed by atoms with Gasteiger partial charge in [-0.05, 0) is 58.2 Å². The van der Waals surface area contributed by atoms with Gasteiger partial charge in [0.1, 0.15) is 5.82 Å². The lowest BCUT2D eigenvalue weighted by Crippen LogP contribution is -2.02.